The Morgan fingerprint density at radius 2 is 2.15 bits per heavy atom. The van der Waals surface area contributed by atoms with Crippen molar-refractivity contribution in [2.45, 2.75) is 39.2 Å². The smallest absolute Gasteiger partial charge is 0.410 e. The van der Waals surface area contributed by atoms with Crippen molar-refractivity contribution in [2.24, 2.45) is 5.92 Å². The molecule has 1 atom stereocenters. The van der Waals surface area contributed by atoms with Crippen LogP contribution in [-0.2, 0) is 19.1 Å². The molecule has 0 saturated carbocycles. The largest absolute Gasteiger partial charge is 0.455 e. The molecule has 9 heteroatoms. The van der Waals surface area contributed by atoms with Gasteiger partial charge in [0.1, 0.15) is 16.7 Å². The summed E-state index contributed by atoms with van der Waals surface area (Å²) in [5.41, 5.74) is -0.243. The van der Waals surface area contributed by atoms with E-state index in [9.17, 15) is 14.4 Å². The van der Waals surface area contributed by atoms with Crippen LogP contribution in [0.1, 0.15) is 39.2 Å². The highest BCUT2D eigenvalue weighted by atomic mass is 32.1. The summed E-state index contributed by atoms with van der Waals surface area (Å²) in [5, 5.41) is 13.6. The predicted octanol–water partition coefficient (Wildman–Crippen LogP) is 2.75. The molecular weight excluding hydrogens is 370 g/mol. The van der Waals surface area contributed by atoms with Crippen LogP contribution < -0.4 is 5.32 Å². The number of hydrogen-bond acceptors (Lipinski definition) is 7. The van der Waals surface area contributed by atoms with E-state index in [0.29, 0.717) is 30.0 Å². The second-order valence-electron chi connectivity index (χ2n) is 7.20. The van der Waals surface area contributed by atoms with Crippen molar-refractivity contribution in [3.8, 4) is 6.07 Å². The van der Waals surface area contributed by atoms with Crippen LogP contribution >= 0.6 is 11.3 Å². The van der Waals surface area contributed by atoms with Gasteiger partial charge in [-0.3, -0.25) is 9.59 Å². The number of amides is 2. The third kappa shape index (κ3) is 6.25. The number of ether oxygens (including phenoxy) is 2. The average molecular weight is 393 g/mol. The van der Waals surface area contributed by atoms with Crippen molar-refractivity contribution in [1.82, 2.24) is 4.90 Å². The van der Waals surface area contributed by atoms with Gasteiger partial charge >= 0.3 is 12.1 Å². The highest BCUT2D eigenvalue weighted by molar-refractivity contribution is 7.14. The van der Waals surface area contributed by atoms with Crippen LogP contribution in [0.25, 0.3) is 0 Å². The van der Waals surface area contributed by atoms with E-state index in [1.165, 1.54) is 16.2 Å². The maximum absolute atomic E-state index is 12.3. The Morgan fingerprint density at radius 1 is 1.41 bits per heavy atom. The van der Waals surface area contributed by atoms with Crippen molar-refractivity contribution < 1.29 is 23.9 Å². The van der Waals surface area contributed by atoms with Gasteiger partial charge in [-0.15, -0.1) is 11.3 Å². The minimum atomic E-state index is -0.604. The first-order chi connectivity index (χ1) is 12.7. The molecule has 1 aliphatic heterocycles. The van der Waals surface area contributed by atoms with Crippen molar-refractivity contribution in [3.05, 3.63) is 17.0 Å². The maximum atomic E-state index is 12.3. The molecule has 0 radical (unpaired) electrons. The lowest BCUT2D eigenvalue weighted by atomic mass is 9.98. The molecule has 1 N–H and O–H groups in total. The molecule has 1 saturated heterocycles. The van der Waals surface area contributed by atoms with Crippen LogP contribution in [0.2, 0.25) is 0 Å². The molecular formula is C18H23N3O5S. The third-order valence-corrected chi connectivity index (χ3v) is 4.62. The van der Waals surface area contributed by atoms with Crippen LogP contribution in [0.15, 0.2) is 11.4 Å². The molecule has 8 nitrogen and oxygen atoms in total. The zero-order valence-corrected chi connectivity index (χ0v) is 16.4. The van der Waals surface area contributed by atoms with Gasteiger partial charge in [0, 0.05) is 13.1 Å². The van der Waals surface area contributed by atoms with E-state index in [1.54, 1.807) is 32.2 Å². The SMILES string of the molecule is CC(C)(C)OC(=O)N1CCC[C@@H](C(=O)OCC(=O)Nc2sccc2C#N)C1. The van der Waals surface area contributed by atoms with Crippen molar-refractivity contribution in [2.75, 3.05) is 25.0 Å². The molecule has 0 spiro atoms. The Morgan fingerprint density at radius 3 is 2.81 bits per heavy atom. The van der Waals surface area contributed by atoms with Gasteiger partial charge in [0.15, 0.2) is 6.61 Å². The van der Waals surface area contributed by atoms with Gasteiger partial charge in [-0.05, 0) is 45.1 Å². The van der Waals surface area contributed by atoms with Gasteiger partial charge in [-0.1, -0.05) is 0 Å². The molecule has 0 aromatic carbocycles. The summed E-state index contributed by atoms with van der Waals surface area (Å²) in [4.78, 5) is 37.8. The number of piperidine rings is 1. The normalized spacial score (nSPS) is 17.0. The Bertz CT molecular complexity index is 747. The first-order valence-electron chi connectivity index (χ1n) is 8.61. The van der Waals surface area contributed by atoms with E-state index in [4.69, 9.17) is 14.7 Å². The molecule has 1 aliphatic rings. The van der Waals surface area contributed by atoms with Crippen LogP contribution in [-0.4, -0.2) is 48.2 Å². The molecule has 0 bridgehead atoms. The molecule has 27 heavy (non-hydrogen) atoms. The molecule has 1 aromatic heterocycles. The summed E-state index contributed by atoms with van der Waals surface area (Å²) < 4.78 is 10.4. The van der Waals surface area contributed by atoms with Gasteiger partial charge < -0.3 is 19.7 Å². The van der Waals surface area contributed by atoms with Gasteiger partial charge in [-0.2, -0.15) is 5.26 Å². The summed E-state index contributed by atoms with van der Waals surface area (Å²) in [6.45, 7) is 5.64. The number of nitrogens with one attached hydrogen (secondary N) is 1. The molecule has 1 fully saturated rings. The summed E-state index contributed by atoms with van der Waals surface area (Å²) in [6, 6.07) is 3.56. The Hall–Kier alpha value is -2.60. The van der Waals surface area contributed by atoms with E-state index in [-0.39, 0.29) is 6.54 Å². The minimum Gasteiger partial charge on any atom is -0.455 e. The standard InChI is InChI=1S/C18H23N3O5S/c1-18(2,3)26-17(24)21-7-4-5-13(10-21)16(23)25-11-14(22)20-15-12(9-19)6-8-27-15/h6,8,13H,4-5,7,10-11H2,1-3H3,(H,20,22)/t13-/m1/s1. The lowest BCUT2D eigenvalue weighted by Gasteiger charge is -2.33. The average Bonchev–Trinajstić information content (AvgIpc) is 3.05. The predicted molar refractivity (Wildman–Crippen MR) is 99.2 cm³/mol. The monoisotopic (exact) mass is 393 g/mol. The number of nitriles is 1. The Labute approximate surface area is 162 Å². The fourth-order valence-corrected chi connectivity index (χ4v) is 3.33. The second kappa shape index (κ2) is 8.86. The Kier molecular flexibility index (Phi) is 6.80. The molecule has 2 heterocycles. The Balaban J connectivity index is 1.82. The number of carbonyl (C=O) groups excluding carboxylic acids is 3. The number of esters is 1. The molecule has 2 rings (SSSR count). The number of likely N-dealkylation sites (tertiary alicyclic amines) is 1. The van der Waals surface area contributed by atoms with Crippen LogP contribution in [0.3, 0.4) is 0 Å². The van der Waals surface area contributed by atoms with Crippen LogP contribution in [0.5, 0.6) is 0 Å². The second-order valence-corrected chi connectivity index (χ2v) is 8.11. The summed E-state index contributed by atoms with van der Waals surface area (Å²) >= 11 is 1.22. The summed E-state index contributed by atoms with van der Waals surface area (Å²) in [5.74, 6) is -1.53. The summed E-state index contributed by atoms with van der Waals surface area (Å²) in [6.07, 6.45) is 0.786. The number of anilines is 1. The minimum absolute atomic E-state index is 0.207. The number of hydrogen-bond donors (Lipinski definition) is 1. The summed E-state index contributed by atoms with van der Waals surface area (Å²) in [7, 11) is 0. The van der Waals surface area contributed by atoms with Gasteiger partial charge in [-0.25, -0.2) is 4.79 Å². The van der Waals surface area contributed by atoms with Crippen LogP contribution in [0, 0.1) is 17.2 Å². The van der Waals surface area contributed by atoms with E-state index in [1.807, 2.05) is 6.07 Å². The number of nitrogens with zero attached hydrogens (tertiary/aromatic N) is 2. The molecule has 0 unspecified atom stereocenters. The fourth-order valence-electron chi connectivity index (χ4n) is 2.57. The maximum Gasteiger partial charge on any atom is 0.410 e. The lowest BCUT2D eigenvalue weighted by Crippen LogP contribution is -2.45. The molecule has 1 aromatic rings. The number of carbonyl (C=O) groups is 3. The number of rotatable bonds is 4. The molecule has 2 amide bonds. The van der Waals surface area contributed by atoms with E-state index < -0.39 is 36.1 Å². The van der Waals surface area contributed by atoms with Gasteiger partial charge in [0.2, 0.25) is 0 Å². The zero-order chi connectivity index (χ0) is 20.0. The topological polar surface area (TPSA) is 109 Å². The first kappa shape index (κ1) is 20.7. The van der Waals surface area contributed by atoms with E-state index >= 15 is 0 Å². The first-order valence-corrected chi connectivity index (χ1v) is 9.49. The number of thiophene rings is 1. The van der Waals surface area contributed by atoms with Crippen molar-refractivity contribution >= 4 is 34.3 Å². The third-order valence-electron chi connectivity index (χ3n) is 3.79. The zero-order valence-electron chi connectivity index (χ0n) is 15.6. The lowest BCUT2D eigenvalue weighted by molar-refractivity contribution is -0.153. The van der Waals surface area contributed by atoms with Crippen molar-refractivity contribution in [3.63, 3.8) is 0 Å². The van der Waals surface area contributed by atoms with E-state index in [0.717, 1.165) is 0 Å². The molecule has 146 valence electrons. The van der Waals surface area contributed by atoms with Gasteiger partial charge in [0.05, 0.1) is 11.5 Å². The highest BCUT2D eigenvalue weighted by Crippen LogP contribution is 2.22. The van der Waals surface area contributed by atoms with Crippen LogP contribution in [0.4, 0.5) is 9.80 Å². The van der Waals surface area contributed by atoms with E-state index in [2.05, 4.69) is 5.32 Å². The highest BCUT2D eigenvalue weighted by Gasteiger charge is 2.32. The van der Waals surface area contributed by atoms with Gasteiger partial charge in [0.25, 0.3) is 5.91 Å². The quantitative estimate of drug-likeness (QED) is 0.788. The fraction of sp³-hybridized carbons (Fsp3) is 0.556. The molecule has 0 aliphatic carbocycles. The van der Waals surface area contributed by atoms with Crippen molar-refractivity contribution in [1.29, 1.82) is 5.26 Å².